The van der Waals surface area contributed by atoms with E-state index in [4.69, 9.17) is 0 Å². The first kappa shape index (κ1) is 16.7. The van der Waals surface area contributed by atoms with Gasteiger partial charge in [0.2, 0.25) is 0 Å². The normalized spacial score (nSPS) is 18.5. The number of carboxylic acids is 1. The zero-order valence-corrected chi connectivity index (χ0v) is 14.5. The molecule has 0 saturated carbocycles. The van der Waals surface area contributed by atoms with Gasteiger partial charge in [-0.05, 0) is 49.9 Å². The van der Waals surface area contributed by atoms with Crippen LogP contribution in [0.25, 0.3) is 11.1 Å². The van der Waals surface area contributed by atoms with E-state index in [2.05, 4.69) is 61.2 Å². The van der Waals surface area contributed by atoms with Gasteiger partial charge in [0, 0.05) is 6.54 Å². The maximum absolute atomic E-state index is 11.4. The fourth-order valence-electron chi connectivity index (χ4n) is 3.64. The number of aryl methyl sites for hydroxylation is 2. The molecular weight excluding hydrogens is 298 g/mol. The van der Waals surface area contributed by atoms with Gasteiger partial charge in [0.05, 0.1) is 0 Å². The second-order valence-corrected chi connectivity index (χ2v) is 6.89. The molecular formula is C21H25NO2. The number of hydrogen-bond acceptors (Lipinski definition) is 2. The Morgan fingerprint density at radius 3 is 2.33 bits per heavy atom. The predicted octanol–water partition coefficient (Wildman–Crippen LogP) is 4.41. The molecule has 0 aromatic heterocycles. The number of nitrogens with zero attached hydrogens (tertiary/aromatic N) is 1. The van der Waals surface area contributed by atoms with Crippen molar-refractivity contribution in [3.63, 3.8) is 0 Å². The van der Waals surface area contributed by atoms with Crippen LogP contribution in [-0.4, -0.2) is 28.6 Å². The standard InChI is InChI=1S/C21H25NO2/c1-15-11-16(2)13-19(12-15)18-8-6-17(7-9-18)14-22-10-4-3-5-20(22)21(23)24/h6-9,11-13,20H,3-5,10,14H2,1-2H3,(H,23,24). The number of piperidine rings is 1. The lowest BCUT2D eigenvalue weighted by Crippen LogP contribution is -2.43. The van der Waals surface area contributed by atoms with Crippen molar-refractivity contribution in [1.82, 2.24) is 4.90 Å². The first-order valence-corrected chi connectivity index (χ1v) is 8.67. The molecule has 3 heteroatoms. The van der Waals surface area contributed by atoms with E-state index in [-0.39, 0.29) is 6.04 Å². The molecule has 24 heavy (non-hydrogen) atoms. The van der Waals surface area contributed by atoms with E-state index in [9.17, 15) is 9.90 Å². The molecule has 1 aliphatic rings. The highest BCUT2D eigenvalue weighted by Crippen LogP contribution is 2.24. The van der Waals surface area contributed by atoms with Gasteiger partial charge in [0.1, 0.15) is 6.04 Å². The van der Waals surface area contributed by atoms with E-state index in [1.807, 2.05) is 0 Å². The Morgan fingerprint density at radius 2 is 1.71 bits per heavy atom. The number of benzene rings is 2. The van der Waals surface area contributed by atoms with Crippen LogP contribution in [-0.2, 0) is 11.3 Å². The highest BCUT2D eigenvalue weighted by molar-refractivity contribution is 5.73. The Labute approximate surface area is 143 Å². The van der Waals surface area contributed by atoms with Gasteiger partial charge < -0.3 is 5.11 Å². The summed E-state index contributed by atoms with van der Waals surface area (Å²) in [6, 6.07) is 14.8. The van der Waals surface area contributed by atoms with E-state index in [1.54, 1.807) is 0 Å². The quantitative estimate of drug-likeness (QED) is 0.906. The highest BCUT2D eigenvalue weighted by atomic mass is 16.4. The maximum atomic E-state index is 11.4. The fourth-order valence-corrected chi connectivity index (χ4v) is 3.64. The van der Waals surface area contributed by atoms with Crippen LogP contribution in [0.15, 0.2) is 42.5 Å². The maximum Gasteiger partial charge on any atom is 0.320 e. The summed E-state index contributed by atoms with van der Waals surface area (Å²) in [6.07, 6.45) is 2.86. The SMILES string of the molecule is Cc1cc(C)cc(-c2ccc(CN3CCCCC3C(=O)O)cc2)c1. The minimum atomic E-state index is -0.693. The van der Waals surface area contributed by atoms with Crippen molar-refractivity contribution in [1.29, 1.82) is 0 Å². The summed E-state index contributed by atoms with van der Waals surface area (Å²) in [5.41, 5.74) is 6.16. The van der Waals surface area contributed by atoms with Crippen molar-refractivity contribution < 1.29 is 9.90 Å². The smallest absolute Gasteiger partial charge is 0.320 e. The average molecular weight is 323 g/mol. The average Bonchev–Trinajstić information content (AvgIpc) is 2.55. The lowest BCUT2D eigenvalue weighted by atomic mass is 9.98. The Bertz CT molecular complexity index is 701. The van der Waals surface area contributed by atoms with E-state index in [0.717, 1.165) is 25.8 Å². The molecule has 3 rings (SSSR count). The minimum absolute atomic E-state index is 0.335. The largest absolute Gasteiger partial charge is 0.480 e. The molecule has 1 fully saturated rings. The highest BCUT2D eigenvalue weighted by Gasteiger charge is 2.28. The van der Waals surface area contributed by atoms with Gasteiger partial charge in [-0.2, -0.15) is 0 Å². The van der Waals surface area contributed by atoms with Gasteiger partial charge in [0.25, 0.3) is 0 Å². The van der Waals surface area contributed by atoms with Crippen molar-refractivity contribution in [3.05, 3.63) is 59.2 Å². The Hall–Kier alpha value is -2.13. The lowest BCUT2D eigenvalue weighted by molar-refractivity contribution is -0.144. The molecule has 1 N–H and O–H groups in total. The first-order chi connectivity index (χ1) is 11.5. The number of carboxylic acid groups (broad SMARTS) is 1. The number of aliphatic carboxylic acids is 1. The van der Waals surface area contributed by atoms with Crippen LogP contribution in [0.2, 0.25) is 0 Å². The topological polar surface area (TPSA) is 40.5 Å². The fraction of sp³-hybridized carbons (Fsp3) is 0.381. The summed E-state index contributed by atoms with van der Waals surface area (Å²) in [5, 5.41) is 9.39. The first-order valence-electron chi connectivity index (χ1n) is 8.67. The number of rotatable bonds is 4. The zero-order chi connectivity index (χ0) is 17.1. The van der Waals surface area contributed by atoms with Crippen molar-refractivity contribution in [2.24, 2.45) is 0 Å². The van der Waals surface area contributed by atoms with Crippen molar-refractivity contribution in [2.75, 3.05) is 6.54 Å². The Kier molecular flexibility index (Phi) is 5.00. The number of likely N-dealkylation sites (tertiary alicyclic amines) is 1. The second-order valence-electron chi connectivity index (χ2n) is 6.89. The third kappa shape index (κ3) is 3.85. The molecule has 1 atom stereocenters. The Morgan fingerprint density at radius 1 is 1.04 bits per heavy atom. The van der Waals surface area contributed by atoms with E-state index in [0.29, 0.717) is 6.54 Å². The molecule has 0 amide bonds. The van der Waals surface area contributed by atoms with Crippen LogP contribution < -0.4 is 0 Å². The lowest BCUT2D eigenvalue weighted by Gasteiger charge is -2.32. The van der Waals surface area contributed by atoms with Crippen LogP contribution in [0.1, 0.15) is 36.0 Å². The van der Waals surface area contributed by atoms with E-state index >= 15 is 0 Å². The Balaban J connectivity index is 1.75. The van der Waals surface area contributed by atoms with E-state index < -0.39 is 5.97 Å². The summed E-state index contributed by atoms with van der Waals surface area (Å²) < 4.78 is 0. The van der Waals surface area contributed by atoms with Gasteiger partial charge in [-0.3, -0.25) is 9.69 Å². The van der Waals surface area contributed by atoms with Gasteiger partial charge in [0.15, 0.2) is 0 Å². The molecule has 2 aromatic carbocycles. The molecule has 1 aliphatic heterocycles. The molecule has 1 saturated heterocycles. The predicted molar refractivity (Wildman–Crippen MR) is 97.0 cm³/mol. The molecule has 0 radical (unpaired) electrons. The van der Waals surface area contributed by atoms with Crippen molar-refractivity contribution in [2.45, 2.75) is 45.7 Å². The summed E-state index contributed by atoms with van der Waals surface area (Å²) in [6.45, 7) is 5.82. The van der Waals surface area contributed by atoms with Gasteiger partial charge in [-0.25, -0.2) is 0 Å². The van der Waals surface area contributed by atoms with Crippen molar-refractivity contribution >= 4 is 5.97 Å². The summed E-state index contributed by atoms with van der Waals surface area (Å²) in [7, 11) is 0. The summed E-state index contributed by atoms with van der Waals surface area (Å²) >= 11 is 0. The van der Waals surface area contributed by atoms with Crippen molar-refractivity contribution in [3.8, 4) is 11.1 Å². The second kappa shape index (κ2) is 7.18. The monoisotopic (exact) mass is 323 g/mol. The molecule has 0 aliphatic carbocycles. The van der Waals surface area contributed by atoms with Crippen LogP contribution in [0.3, 0.4) is 0 Å². The molecule has 1 heterocycles. The molecule has 3 nitrogen and oxygen atoms in total. The summed E-state index contributed by atoms with van der Waals surface area (Å²) in [4.78, 5) is 13.5. The van der Waals surface area contributed by atoms with Crippen LogP contribution >= 0.6 is 0 Å². The summed E-state index contributed by atoms with van der Waals surface area (Å²) in [5.74, 6) is -0.693. The molecule has 0 bridgehead atoms. The number of carbonyl (C=O) groups is 1. The molecule has 1 unspecified atom stereocenters. The van der Waals surface area contributed by atoms with Crippen LogP contribution in [0, 0.1) is 13.8 Å². The van der Waals surface area contributed by atoms with E-state index in [1.165, 1.54) is 27.8 Å². The zero-order valence-electron chi connectivity index (χ0n) is 14.5. The third-order valence-corrected chi connectivity index (χ3v) is 4.79. The van der Waals surface area contributed by atoms with Crippen LogP contribution in [0.4, 0.5) is 0 Å². The van der Waals surface area contributed by atoms with Gasteiger partial charge >= 0.3 is 5.97 Å². The molecule has 0 spiro atoms. The van der Waals surface area contributed by atoms with Gasteiger partial charge in [-0.1, -0.05) is 60.0 Å². The molecule has 2 aromatic rings. The molecule has 126 valence electrons. The number of hydrogen-bond donors (Lipinski definition) is 1. The van der Waals surface area contributed by atoms with Crippen LogP contribution in [0.5, 0.6) is 0 Å². The van der Waals surface area contributed by atoms with Gasteiger partial charge in [-0.15, -0.1) is 0 Å². The minimum Gasteiger partial charge on any atom is -0.480 e. The third-order valence-electron chi connectivity index (χ3n) is 4.79.